The highest BCUT2D eigenvalue weighted by molar-refractivity contribution is 6.20. The normalized spacial score (nSPS) is 12.3. The molecule has 6 aromatic carbocycles. The lowest BCUT2D eigenvalue weighted by Gasteiger charge is -2.18. The molecule has 0 atom stereocenters. The fourth-order valence-corrected chi connectivity index (χ4v) is 5.73. The highest BCUT2D eigenvalue weighted by Gasteiger charge is 2.25. The third kappa shape index (κ3) is 4.39. The minimum absolute atomic E-state index is 0.111. The van der Waals surface area contributed by atoms with Crippen LogP contribution < -0.4 is 9.47 Å². The SMILES string of the molecule is O=C(Oc1ccc(-c2ccc(-c3ccc4cc3C4=O)cc2)cc1)Oc1ccc(-c2ccc(-c3ccc4cc3C4=O)cc2)cc1. The molecule has 4 aliphatic carbocycles. The van der Waals surface area contributed by atoms with Crippen molar-refractivity contribution in [2.75, 3.05) is 0 Å². The van der Waals surface area contributed by atoms with Crippen LogP contribution in [-0.4, -0.2) is 17.7 Å². The fraction of sp³-hybridized carbons (Fsp3) is 0. The first-order chi connectivity index (χ1) is 21.5. The van der Waals surface area contributed by atoms with Gasteiger partial charge in [-0.15, -0.1) is 0 Å². The molecule has 208 valence electrons. The molecular weight excluding hydrogens is 548 g/mol. The lowest BCUT2D eigenvalue weighted by atomic mass is 9.84. The first-order valence-electron chi connectivity index (χ1n) is 14.2. The number of benzene rings is 6. The molecule has 0 heterocycles. The second kappa shape index (κ2) is 10.0. The highest BCUT2D eigenvalue weighted by Crippen LogP contribution is 2.35. The Kier molecular flexibility index (Phi) is 5.84. The van der Waals surface area contributed by atoms with Crippen molar-refractivity contribution in [3.63, 3.8) is 0 Å². The topological polar surface area (TPSA) is 69.7 Å². The van der Waals surface area contributed by atoms with Crippen molar-refractivity contribution in [3.8, 4) is 56.0 Å². The van der Waals surface area contributed by atoms with Crippen LogP contribution in [0, 0.1) is 0 Å². The number of fused-ring (bicyclic) bond motifs is 4. The summed E-state index contributed by atoms with van der Waals surface area (Å²) in [6, 6.07) is 42.0. The van der Waals surface area contributed by atoms with E-state index in [1.165, 1.54) is 0 Å². The van der Waals surface area contributed by atoms with Gasteiger partial charge in [-0.25, -0.2) is 4.79 Å². The van der Waals surface area contributed by atoms with Gasteiger partial charge in [0.15, 0.2) is 11.6 Å². The Morgan fingerprint density at radius 3 is 0.955 bits per heavy atom. The van der Waals surface area contributed by atoms with Gasteiger partial charge < -0.3 is 9.47 Å². The van der Waals surface area contributed by atoms with Gasteiger partial charge in [0.2, 0.25) is 0 Å². The van der Waals surface area contributed by atoms with E-state index in [-0.39, 0.29) is 11.6 Å². The zero-order chi connectivity index (χ0) is 29.8. The Labute approximate surface area is 253 Å². The quantitative estimate of drug-likeness (QED) is 0.147. The smallest absolute Gasteiger partial charge is 0.395 e. The number of rotatable bonds is 6. The largest absolute Gasteiger partial charge is 0.519 e. The maximum atomic E-state index is 12.5. The number of hydrogen-bond acceptors (Lipinski definition) is 5. The lowest BCUT2D eigenvalue weighted by molar-refractivity contribution is 0.101. The van der Waals surface area contributed by atoms with Crippen LogP contribution >= 0.6 is 0 Å². The van der Waals surface area contributed by atoms with E-state index < -0.39 is 6.16 Å². The summed E-state index contributed by atoms with van der Waals surface area (Å²) < 4.78 is 10.8. The van der Waals surface area contributed by atoms with Crippen LogP contribution in [0.1, 0.15) is 31.8 Å². The Hall–Kier alpha value is -6.07. The van der Waals surface area contributed by atoms with E-state index >= 15 is 0 Å². The first-order valence-corrected chi connectivity index (χ1v) is 14.2. The van der Waals surface area contributed by atoms with Crippen LogP contribution in [0.25, 0.3) is 44.5 Å². The summed E-state index contributed by atoms with van der Waals surface area (Å²) in [6.07, 6.45) is -0.824. The number of hydrogen-bond donors (Lipinski definition) is 0. The molecular formula is C39H22O5. The highest BCUT2D eigenvalue weighted by atomic mass is 16.7. The Morgan fingerprint density at radius 1 is 0.341 bits per heavy atom. The molecule has 0 N–H and O–H groups in total. The van der Waals surface area contributed by atoms with Gasteiger partial charge >= 0.3 is 6.16 Å². The maximum Gasteiger partial charge on any atom is 0.519 e. The van der Waals surface area contributed by atoms with E-state index in [0.717, 1.165) is 66.8 Å². The standard InChI is InChI=1S/C39H22O5/c40-37-29-13-19-33(35(37)21-29)27-5-1-23(2-6-27)25-9-15-31(16-10-25)43-39(42)44-32-17-11-26(12-18-32)24-3-7-28(8-4-24)34-20-14-30-22-36(34)38(30)41/h1-22H. The minimum atomic E-state index is -0.824. The van der Waals surface area contributed by atoms with Gasteiger partial charge in [-0.2, -0.15) is 0 Å². The molecule has 5 nitrogen and oxygen atoms in total. The van der Waals surface area contributed by atoms with Gasteiger partial charge in [0.25, 0.3) is 0 Å². The summed E-state index contributed by atoms with van der Waals surface area (Å²) in [5.74, 6) is 0.967. The summed E-state index contributed by atoms with van der Waals surface area (Å²) in [5, 5.41) is 0. The summed E-state index contributed by atoms with van der Waals surface area (Å²) in [6.45, 7) is 0. The van der Waals surface area contributed by atoms with Crippen LogP contribution in [-0.2, 0) is 0 Å². The van der Waals surface area contributed by atoms with Crippen LogP contribution in [0.2, 0.25) is 0 Å². The zero-order valence-electron chi connectivity index (χ0n) is 23.2. The van der Waals surface area contributed by atoms with Crippen LogP contribution in [0.4, 0.5) is 4.79 Å². The first kappa shape index (κ1) is 25.6. The molecule has 0 saturated carbocycles. The Balaban J connectivity index is 0.884. The predicted molar refractivity (Wildman–Crippen MR) is 168 cm³/mol. The minimum Gasteiger partial charge on any atom is -0.395 e. The third-order valence-electron chi connectivity index (χ3n) is 8.22. The molecule has 4 bridgehead atoms. The average molecular weight is 571 g/mol. The van der Waals surface area contributed by atoms with Crippen molar-refractivity contribution >= 4 is 17.7 Å². The number of ketones is 2. The van der Waals surface area contributed by atoms with Gasteiger partial charge in [-0.3, -0.25) is 9.59 Å². The van der Waals surface area contributed by atoms with Gasteiger partial charge in [0.05, 0.1) is 0 Å². The van der Waals surface area contributed by atoms with E-state index in [0.29, 0.717) is 11.5 Å². The van der Waals surface area contributed by atoms with Crippen molar-refractivity contribution in [1.82, 2.24) is 0 Å². The Morgan fingerprint density at radius 2 is 0.636 bits per heavy atom. The molecule has 0 saturated heterocycles. The molecule has 0 spiro atoms. The molecule has 4 aliphatic rings. The molecule has 0 amide bonds. The van der Waals surface area contributed by atoms with Gasteiger partial charge in [0.1, 0.15) is 11.5 Å². The van der Waals surface area contributed by atoms with Gasteiger partial charge in [-0.05, 0) is 80.9 Å². The summed E-state index contributed by atoms with van der Waals surface area (Å²) >= 11 is 0. The van der Waals surface area contributed by atoms with E-state index in [2.05, 4.69) is 0 Å². The van der Waals surface area contributed by atoms with E-state index in [9.17, 15) is 14.4 Å². The van der Waals surface area contributed by atoms with Gasteiger partial charge in [0, 0.05) is 22.3 Å². The summed E-state index contributed by atoms with van der Waals surface area (Å²) in [7, 11) is 0. The molecule has 44 heavy (non-hydrogen) atoms. The van der Waals surface area contributed by atoms with Crippen molar-refractivity contribution < 1.29 is 23.9 Å². The van der Waals surface area contributed by atoms with Crippen molar-refractivity contribution in [1.29, 1.82) is 0 Å². The summed E-state index contributed by atoms with van der Waals surface area (Å²) in [4.78, 5) is 36.5. The fourth-order valence-electron chi connectivity index (χ4n) is 5.73. The maximum absolute atomic E-state index is 12.5. The number of carbonyl (C=O) groups excluding carboxylic acids is 3. The van der Waals surface area contributed by atoms with E-state index in [4.69, 9.17) is 9.47 Å². The molecule has 10 rings (SSSR count). The van der Waals surface area contributed by atoms with Crippen molar-refractivity contribution in [2.24, 2.45) is 0 Å². The number of carbonyl (C=O) groups is 3. The van der Waals surface area contributed by atoms with Crippen molar-refractivity contribution in [3.05, 3.63) is 156 Å². The zero-order valence-corrected chi connectivity index (χ0v) is 23.2. The molecule has 0 aliphatic heterocycles. The molecule has 5 heteroatoms. The molecule has 0 aromatic heterocycles. The predicted octanol–water partition coefficient (Wildman–Crippen LogP) is 9.02. The van der Waals surface area contributed by atoms with Crippen LogP contribution in [0.3, 0.4) is 0 Å². The second-order valence-corrected chi connectivity index (χ2v) is 10.8. The van der Waals surface area contributed by atoms with Crippen LogP contribution in [0.15, 0.2) is 133 Å². The average Bonchev–Trinajstić information content (AvgIpc) is 3.08. The van der Waals surface area contributed by atoms with Crippen LogP contribution in [0.5, 0.6) is 11.5 Å². The number of ether oxygens (including phenoxy) is 2. The molecule has 6 aromatic rings. The molecule has 0 fully saturated rings. The summed E-state index contributed by atoms with van der Waals surface area (Å²) in [5.41, 5.74) is 10.9. The van der Waals surface area contributed by atoms with E-state index in [1.807, 2.05) is 109 Å². The lowest BCUT2D eigenvalue weighted by Crippen LogP contribution is -2.13. The van der Waals surface area contributed by atoms with Gasteiger partial charge in [-0.1, -0.05) is 97.1 Å². The third-order valence-corrected chi connectivity index (χ3v) is 8.22. The molecule has 0 radical (unpaired) electrons. The monoisotopic (exact) mass is 570 g/mol. The second-order valence-electron chi connectivity index (χ2n) is 10.8. The Bertz CT molecular complexity index is 1960. The van der Waals surface area contributed by atoms with Crippen molar-refractivity contribution in [2.45, 2.75) is 0 Å². The van der Waals surface area contributed by atoms with E-state index in [1.54, 1.807) is 24.3 Å². The molecule has 0 unspecified atom stereocenters.